The molecule has 1 aliphatic carbocycles. The highest BCUT2D eigenvalue weighted by Crippen LogP contribution is 2.62. The highest BCUT2D eigenvalue weighted by Gasteiger charge is 2.51. The average Bonchev–Trinajstić information content (AvgIpc) is 3.39. The van der Waals surface area contributed by atoms with Gasteiger partial charge in [-0.2, -0.15) is 0 Å². The third-order valence-electron chi connectivity index (χ3n) is 9.01. The van der Waals surface area contributed by atoms with Crippen LogP contribution in [-0.4, -0.2) is 11.7 Å². The fraction of sp³-hybridized carbons (Fsp3) is 0.0500. The Morgan fingerprint density at radius 1 is 0.523 bits per heavy atom. The molecular weight excluding hydrogens is 538 g/mol. The molecular formula is C40H27N3O. The third kappa shape index (κ3) is 3.58. The van der Waals surface area contributed by atoms with E-state index in [-0.39, 0.29) is 6.17 Å². The summed E-state index contributed by atoms with van der Waals surface area (Å²) in [6.45, 7) is 0. The predicted molar refractivity (Wildman–Crippen MR) is 176 cm³/mol. The van der Waals surface area contributed by atoms with E-state index in [2.05, 4.69) is 121 Å². The Labute approximate surface area is 256 Å². The summed E-state index contributed by atoms with van der Waals surface area (Å²) in [6.07, 6.45) is -0.261. The molecule has 2 aliphatic heterocycles. The Balaban J connectivity index is 1.30. The molecule has 9 rings (SSSR count). The topological polar surface area (TPSA) is 46.0 Å². The first-order valence-corrected chi connectivity index (χ1v) is 15.0. The number of ether oxygens (including phenoxy) is 1. The van der Waals surface area contributed by atoms with Crippen LogP contribution >= 0.6 is 0 Å². The van der Waals surface area contributed by atoms with Gasteiger partial charge in [-0.05, 0) is 46.0 Å². The maximum absolute atomic E-state index is 6.51. The van der Waals surface area contributed by atoms with Gasteiger partial charge in [0, 0.05) is 22.3 Å². The van der Waals surface area contributed by atoms with Crippen molar-refractivity contribution in [3.63, 3.8) is 0 Å². The van der Waals surface area contributed by atoms with E-state index in [9.17, 15) is 0 Å². The van der Waals surface area contributed by atoms with Crippen molar-refractivity contribution in [1.29, 1.82) is 0 Å². The molecule has 6 aromatic rings. The van der Waals surface area contributed by atoms with Crippen LogP contribution in [0.3, 0.4) is 0 Å². The zero-order valence-corrected chi connectivity index (χ0v) is 23.8. The zero-order valence-electron chi connectivity index (χ0n) is 23.8. The fourth-order valence-electron chi connectivity index (χ4n) is 7.12. The largest absolute Gasteiger partial charge is 0.457 e. The minimum absolute atomic E-state index is 0.261. The summed E-state index contributed by atoms with van der Waals surface area (Å²) in [5, 5.41) is 3.58. The quantitative estimate of drug-likeness (QED) is 0.233. The molecule has 0 fully saturated rings. The van der Waals surface area contributed by atoms with Crippen LogP contribution in [-0.2, 0) is 5.41 Å². The van der Waals surface area contributed by atoms with E-state index in [4.69, 9.17) is 14.7 Å². The van der Waals surface area contributed by atoms with Crippen molar-refractivity contribution in [3.05, 3.63) is 191 Å². The zero-order chi connectivity index (χ0) is 29.1. The highest BCUT2D eigenvalue weighted by atomic mass is 16.5. The van der Waals surface area contributed by atoms with Crippen LogP contribution in [0.4, 0.5) is 0 Å². The van der Waals surface area contributed by atoms with Crippen molar-refractivity contribution in [2.24, 2.45) is 9.98 Å². The molecule has 4 heteroatoms. The van der Waals surface area contributed by atoms with Crippen LogP contribution in [0.25, 0.3) is 11.1 Å². The number of nitrogens with one attached hydrogen (secondary N) is 1. The second-order valence-corrected chi connectivity index (χ2v) is 11.4. The van der Waals surface area contributed by atoms with Crippen LogP contribution in [0, 0.1) is 0 Å². The minimum Gasteiger partial charge on any atom is -0.457 e. The molecule has 44 heavy (non-hydrogen) atoms. The van der Waals surface area contributed by atoms with E-state index in [0.29, 0.717) is 5.84 Å². The van der Waals surface area contributed by atoms with Gasteiger partial charge in [0.1, 0.15) is 23.5 Å². The lowest BCUT2D eigenvalue weighted by atomic mass is 9.66. The number of para-hydroxylation sites is 2. The van der Waals surface area contributed by atoms with Crippen LogP contribution in [0.5, 0.6) is 11.5 Å². The first-order chi connectivity index (χ1) is 21.8. The summed E-state index contributed by atoms with van der Waals surface area (Å²) in [6, 6.07) is 53.0. The molecule has 3 aliphatic rings. The van der Waals surface area contributed by atoms with Gasteiger partial charge in [-0.15, -0.1) is 0 Å². The predicted octanol–water partition coefficient (Wildman–Crippen LogP) is 8.65. The number of aliphatic imine (C=N–C) groups is 2. The average molecular weight is 566 g/mol. The molecule has 0 amide bonds. The Bertz CT molecular complexity index is 2090. The molecule has 0 saturated heterocycles. The second kappa shape index (κ2) is 9.65. The minimum atomic E-state index is -0.536. The van der Waals surface area contributed by atoms with E-state index in [0.717, 1.165) is 45.2 Å². The second-order valence-electron chi connectivity index (χ2n) is 11.4. The Morgan fingerprint density at radius 2 is 1.11 bits per heavy atom. The molecule has 0 radical (unpaired) electrons. The first-order valence-electron chi connectivity index (χ1n) is 15.0. The van der Waals surface area contributed by atoms with Gasteiger partial charge < -0.3 is 10.1 Å². The van der Waals surface area contributed by atoms with Gasteiger partial charge in [0.15, 0.2) is 5.84 Å². The van der Waals surface area contributed by atoms with Crippen molar-refractivity contribution < 1.29 is 4.74 Å². The lowest BCUT2D eigenvalue weighted by Crippen LogP contribution is -2.34. The molecule has 1 atom stereocenters. The first kappa shape index (κ1) is 24.8. The van der Waals surface area contributed by atoms with E-state index in [1.54, 1.807) is 0 Å². The highest BCUT2D eigenvalue weighted by molar-refractivity contribution is 6.13. The smallest absolute Gasteiger partial charge is 0.159 e. The van der Waals surface area contributed by atoms with Gasteiger partial charge in [-0.25, -0.2) is 9.98 Å². The van der Waals surface area contributed by atoms with Crippen LogP contribution < -0.4 is 10.1 Å². The van der Waals surface area contributed by atoms with E-state index >= 15 is 0 Å². The van der Waals surface area contributed by atoms with Crippen molar-refractivity contribution in [1.82, 2.24) is 5.32 Å². The van der Waals surface area contributed by atoms with Crippen LogP contribution in [0.2, 0.25) is 0 Å². The number of hydrogen-bond donors (Lipinski definition) is 1. The number of amidine groups is 2. The molecule has 1 spiro atoms. The van der Waals surface area contributed by atoms with Crippen molar-refractivity contribution in [2.75, 3.05) is 0 Å². The number of hydrogen-bond acceptors (Lipinski definition) is 4. The van der Waals surface area contributed by atoms with Crippen molar-refractivity contribution >= 4 is 11.7 Å². The summed E-state index contributed by atoms with van der Waals surface area (Å²) in [4.78, 5) is 10.3. The molecule has 0 saturated carbocycles. The molecule has 1 N–H and O–H groups in total. The summed E-state index contributed by atoms with van der Waals surface area (Å²) in [7, 11) is 0. The SMILES string of the molecule is c1ccc(C2=NC(c3ccc4c(c3)C3(c5ccccc5Oc5ccccc53)c3ccccc3-4)=NC(c3ccccc3)N2)cc1. The van der Waals surface area contributed by atoms with Gasteiger partial charge in [0.2, 0.25) is 0 Å². The van der Waals surface area contributed by atoms with E-state index < -0.39 is 5.41 Å². The molecule has 208 valence electrons. The maximum Gasteiger partial charge on any atom is 0.159 e. The summed E-state index contributed by atoms with van der Waals surface area (Å²) >= 11 is 0. The fourth-order valence-corrected chi connectivity index (χ4v) is 7.12. The van der Waals surface area contributed by atoms with E-state index in [1.807, 2.05) is 36.4 Å². The summed E-state index contributed by atoms with van der Waals surface area (Å²) in [5.74, 6) is 3.28. The normalized spacial score (nSPS) is 16.8. The standard InChI is InChI=1S/C40H27N3O/c1-3-13-26(14-4-1)37-41-38(27-15-5-2-6-16-27)43-39(42-37)28-23-24-30-29-17-7-8-18-31(29)40(34(30)25-28)32-19-9-11-21-35(32)44-36-22-12-10-20-33(36)40/h1-25,37H,(H,41,42,43). The number of rotatable bonds is 3. The maximum atomic E-state index is 6.51. The summed E-state index contributed by atoms with van der Waals surface area (Å²) in [5.41, 5.74) is 9.78. The molecule has 2 heterocycles. The van der Waals surface area contributed by atoms with Gasteiger partial charge in [-0.3, -0.25) is 0 Å². The Hall–Kier alpha value is -5.74. The van der Waals surface area contributed by atoms with Gasteiger partial charge >= 0.3 is 0 Å². The number of benzene rings is 6. The Kier molecular flexibility index (Phi) is 5.44. The number of fused-ring (bicyclic) bond motifs is 9. The van der Waals surface area contributed by atoms with Gasteiger partial charge in [0.05, 0.1) is 5.41 Å². The van der Waals surface area contributed by atoms with E-state index in [1.165, 1.54) is 22.3 Å². The number of nitrogens with zero attached hydrogens (tertiary/aromatic N) is 2. The molecule has 4 nitrogen and oxygen atoms in total. The lowest BCUT2D eigenvalue weighted by molar-refractivity contribution is 0.436. The molecule has 0 aromatic heterocycles. The lowest BCUT2D eigenvalue weighted by Gasteiger charge is -2.39. The third-order valence-corrected chi connectivity index (χ3v) is 9.01. The van der Waals surface area contributed by atoms with Crippen LogP contribution in [0.15, 0.2) is 162 Å². The van der Waals surface area contributed by atoms with Crippen molar-refractivity contribution in [3.8, 4) is 22.6 Å². The van der Waals surface area contributed by atoms with Gasteiger partial charge in [-0.1, -0.05) is 133 Å². The van der Waals surface area contributed by atoms with Crippen LogP contribution in [0.1, 0.15) is 45.1 Å². The molecule has 1 unspecified atom stereocenters. The molecule has 0 bridgehead atoms. The monoisotopic (exact) mass is 565 g/mol. The Morgan fingerprint density at radius 3 is 1.84 bits per heavy atom. The molecule has 6 aromatic carbocycles. The van der Waals surface area contributed by atoms with Crippen molar-refractivity contribution in [2.45, 2.75) is 11.6 Å². The summed E-state index contributed by atoms with van der Waals surface area (Å²) < 4.78 is 6.51. The van der Waals surface area contributed by atoms with Gasteiger partial charge in [0.25, 0.3) is 0 Å².